The molecule has 5 nitrogen and oxygen atoms in total. The van der Waals surface area contributed by atoms with Crippen molar-refractivity contribution in [1.82, 2.24) is 0 Å². The van der Waals surface area contributed by atoms with E-state index in [4.69, 9.17) is 0 Å². The second-order valence-electron chi connectivity index (χ2n) is 2.56. The molecule has 1 rings (SSSR count). The van der Waals surface area contributed by atoms with Gasteiger partial charge >= 0.3 is 59.1 Å². The van der Waals surface area contributed by atoms with E-state index in [1.807, 2.05) is 0 Å². The summed E-state index contributed by atoms with van der Waals surface area (Å²) in [5.74, 6) is -2.66. The van der Waals surface area contributed by atoms with E-state index in [1.54, 1.807) is 6.07 Å². The molecule has 74 valence electrons. The number of anilines is 1. The molecule has 0 bridgehead atoms. The summed E-state index contributed by atoms with van der Waals surface area (Å²) in [5, 5.41) is 23.1. The van der Waals surface area contributed by atoms with Crippen LogP contribution in [-0.2, 0) is 4.79 Å². The Kier molecular flexibility index (Phi) is 10.4. The van der Waals surface area contributed by atoms with Crippen LogP contribution in [0.4, 0.5) is 5.69 Å². The molecule has 0 fully saturated rings. The van der Waals surface area contributed by atoms with Gasteiger partial charge in [-0.15, -0.1) is 0 Å². The number of nitrogens with one attached hydrogen (secondary N) is 1. The van der Waals surface area contributed by atoms with Crippen molar-refractivity contribution in [3.8, 4) is 0 Å². The number of hydrogen-bond donors (Lipinski definition) is 1. The van der Waals surface area contributed by atoms with E-state index in [1.165, 1.54) is 18.2 Å². The zero-order valence-corrected chi connectivity index (χ0v) is 13.1. The molecule has 1 aromatic carbocycles. The van der Waals surface area contributed by atoms with Crippen molar-refractivity contribution in [2.24, 2.45) is 0 Å². The van der Waals surface area contributed by atoms with Gasteiger partial charge in [0.1, 0.15) is 0 Å². The van der Waals surface area contributed by atoms with Crippen LogP contribution in [0.15, 0.2) is 24.3 Å². The Morgan fingerprint density at radius 1 is 1.12 bits per heavy atom. The smallest absolute Gasteiger partial charge is 0.548 e. The van der Waals surface area contributed by atoms with Crippen LogP contribution in [0.1, 0.15) is 10.4 Å². The third-order valence-corrected chi connectivity index (χ3v) is 1.57. The van der Waals surface area contributed by atoms with Gasteiger partial charge in [0.2, 0.25) is 0 Å². The molecule has 0 aliphatic rings. The first-order chi connectivity index (χ1) is 6.61. The molecule has 0 aliphatic carbocycles. The Morgan fingerprint density at radius 2 is 1.69 bits per heavy atom. The maximum Gasteiger partial charge on any atom is 1.00 e. The molecule has 0 amide bonds. The number of hydrogen-bond acceptors (Lipinski definition) is 5. The third kappa shape index (κ3) is 5.89. The normalized spacial score (nSPS) is 8.25. The fraction of sp³-hybridized carbons (Fsp3) is 0.111. The van der Waals surface area contributed by atoms with Crippen LogP contribution in [0.2, 0.25) is 0 Å². The number of aromatic carboxylic acids is 1. The van der Waals surface area contributed by atoms with Gasteiger partial charge < -0.3 is 25.1 Å². The van der Waals surface area contributed by atoms with E-state index in [0.717, 1.165) is 0 Å². The van der Waals surface area contributed by atoms with Gasteiger partial charge in [-0.05, 0) is 6.07 Å². The van der Waals surface area contributed by atoms with Crippen molar-refractivity contribution in [2.45, 2.75) is 0 Å². The summed E-state index contributed by atoms with van der Waals surface area (Å²) in [6.07, 6.45) is 0. The first-order valence-electron chi connectivity index (χ1n) is 3.85. The van der Waals surface area contributed by atoms with Crippen molar-refractivity contribution in [3.63, 3.8) is 0 Å². The number of rotatable bonds is 4. The SMILES string of the molecule is O=C([O-])CNc1ccccc1C(=O)[O-].[Na+].[Na+]. The van der Waals surface area contributed by atoms with E-state index in [-0.39, 0.29) is 70.4 Å². The van der Waals surface area contributed by atoms with E-state index in [2.05, 4.69) is 5.32 Å². The molecule has 0 radical (unpaired) electrons. The standard InChI is InChI=1S/C9H9NO4.2Na/c11-8(12)5-10-7-4-2-1-3-6(7)9(13)14;;/h1-4,10H,5H2,(H,11,12)(H,13,14);;/q;2*+1/p-2. The molecule has 0 aromatic heterocycles. The summed E-state index contributed by atoms with van der Waals surface area (Å²) < 4.78 is 0. The molecular weight excluding hydrogens is 232 g/mol. The predicted octanol–water partition coefficient (Wildman–Crippen LogP) is -7.78. The van der Waals surface area contributed by atoms with Crippen LogP contribution < -0.4 is 74.6 Å². The summed E-state index contributed by atoms with van der Waals surface area (Å²) >= 11 is 0. The fourth-order valence-electron chi connectivity index (χ4n) is 0.983. The van der Waals surface area contributed by atoms with Crippen molar-refractivity contribution in [1.29, 1.82) is 0 Å². The van der Waals surface area contributed by atoms with Crippen LogP contribution in [0.25, 0.3) is 0 Å². The quantitative estimate of drug-likeness (QED) is 0.527. The molecule has 0 unspecified atom stereocenters. The van der Waals surface area contributed by atoms with Crippen LogP contribution in [-0.4, -0.2) is 18.5 Å². The molecule has 0 saturated carbocycles. The number of benzene rings is 1. The molecule has 0 spiro atoms. The van der Waals surface area contributed by atoms with E-state index in [0.29, 0.717) is 0 Å². The Bertz CT molecular complexity index is 370. The monoisotopic (exact) mass is 239 g/mol. The zero-order valence-electron chi connectivity index (χ0n) is 9.15. The van der Waals surface area contributed by atoms with Gasteiger partial charge in [-0.1, -0.05) is 18.2 Å². The third-order valence-electron chi connectivity index (χ3n) is 1.57. The van der Waals surface area contributed by atoms with Crippen LogP contribution >= 0.6 is 0 Å². The Balaban J connectivity index is 0. The molecule has 16 heavy (non-hydrogen) atoms. The molecule has 0 saturated heterocycles. The van der Waals surface area contributed by atoms with Crippen LogP contribution in [0, 0.1) is 0 Å². The predicted molar refractivity (Wildman–Crippen MR) is 44.3 cm³/mol. The molecule has 0 heterocycles. The van der Waals surface area contributed by atoms with E-state index in [9.17, 15) is 19.8 Å². The number of para-hydroxylation sites is 1. The van der Waals surface area contributed by atoms with Gasteiger partial charge in [-0.2, -0.15) is 0 Å². The van der Waals surface area contributed by atoms with Gasteiger partial charge in [0.25, 0.3) is 0 Å². The zero-order chi connectivity index (χ0) is 10.6. The van der Waals surface area contributed by atoms with Gasteiger partial charge in [-0.25, -0.2) is 0 Å². The van der Waals surface area contributed by atoms with Gasteiger partial charge in [0, 0.05) is 11.3 Å². The average molecular weight is 239 g/mol. The van der Waals surface area contributed by atoms with Crippen LogP contribution in [0.3, 0.4) is 0 Å². The van der Waals surface area contributed by atoms with Crippen molar-refractivity contribution in [3.05, 3.63) is 29.8 Å². The Hall–Kier alpha value is -0.0400. The summed E-state index contributed by atoms with van der Waals surface area (Å²) in [4.78, 5) is 20.7. The summed E-state index contributed by atoms with van der Waals surface area (Å²) in [7, 11) is 0. The summed E-state index contributed by atoms with van der Waals surface area (Å²) in [5.41, 5.74) is 0.130. The largest absolute Gasteiger partial charge is 1.00 e. The van der Waals surface area contributed by atoms with Crippen molar-refractivity contribution in [2.75, 3.05) is 11.9 Å². The second-order valence-corrected chi connectivity index (χ2v) is 2.56. The molecule has 1 aromatic rings. The van der Waals surface area contributed by atoms with E-state index >= 15 is 0 Å². The molecule has 7 heteroatoms. The summed E-state index contributed by atoms with van der Waals surface area (Å²) in [6.45, 7) is -0.440. The Labute approximate surface area is 137 Å². The maximum atomic E-state index is 10.6. The minimum Gasteiger partial charge on any atom is -0.548 e. The molecule has 1 N–H and O–H groups in total. The first kappa shape index (κ1) is 18.3. The van der Waals surface area contributed by atoms with E-state index < -0.39 is 18.5 Å². The number of carbonyl (C=O) groups excluding carboxylic acids is 2. The van der Waals surface area contributed by atoms with Crippen molar-refractivity contribution < 1.29 is 78.9 Å². The van der Waals surface area contributed by atoms with Gasteiger partial charge in [0.05, 0.1) is 18.5 Å². The number of carboxylic acids is 2. The van der Waals surface area contributed by atoms with Gasteiger partial charge in [-0.3, -0.25) is 0 Å². The maximum absolute atomic E-state index is 10.6. The van der Waals surface area contributed by atoms with Crippen molar-refractivity contribution >= 4 is 17.6 Å². The summed E-state index contributed by atoms with van der Waals surface area (Å²) in [6, 6.07) is 5.89. The molecule has 0 aliphatic heterocycles. The van der Waals surface area contributed by atoms with Crippen LogP contribution in [0.5, 0.6) is 0 Å². The minimum atomic E-state index is -1.36. The van der Waals surface area contributed by atoms with Gasteiger partial charge in [0.15, 0.2) is 0 Å². The number of carbonyl (C=O) groups is 2. The Morgan fingerprint density at radius 3 is 2.19 bits per heavy atom. The number of carboxylic acid groups (broad SMARTS) is 2. The minimum absolute atomic E-state index is 0. The topological polar surface area (TPSA) is 92.3 Å². The fourth-order valence-corrected chi connectivity index (χ4v) is 0.983. The number of aliphatic carboxylic acids is 1. The average Bonchev–Trinajstić information content (AvgIpc) is 2.15. The first-order valence-corrected chi connectivity index (χ1v) is 3.85. The second kappa shape index (κ2) is 9.04. The molecule has 0 atom stereocenters. The molecular formula is C9H7NNa2O4.